The fourth-order valence-electron chi connectivity index (χ4n) is 2.20. The van der Waals surface area contributed by atoms with Crippen molar-refractivity contribution in [2.24, 2.45) is 0 Å². The highest BCUT2D eigenvalue weighted by atomic mass is 16.2. The van der Waals surface area contributed by atoms with Crippen molar-refractivity contribution in [3.8, 4) is 0 Å². The lowest BCUT2D eigenvalue weighted by Gasteiger charge is -2.25. The van der Waals surface area contributed by atoms with Crippen molar-refractivity contribution in [2.45, 2.75) is 18.9 Å². The maximum Gasteiger partial charge on any atom is 0.237 e. The number of nitrogens with one attached hydrogen (secondary N) is 1. The number of hydrogen-bond acceptors (Lipinski definition) is 3. The monoisotopic (exact) mass is 222 g/mol. The molecule has 1 fully saturated rings. The molecule has 2 heterocycles. The normalized spacial score (nSPS) is 20.7. The van der Waals surface area contributed by atoms with Crippen LogP contribution in [0.5, 0.6) is 0 Å². The summed E-state index contributed by atoms with van der Waals surface area (Å²) in [6.45, 7) is 1.33. The number of likely N-dealkylation sites (N-methyl/N-ethyl adjacent to an activating group) is 1. The smallest absolute Gasteiger partial charge is 0.237 e. The minimum absolute atomic E-state index is 0.190. The van der Waals surface area contributed by atoms with E-state index in [4.69, 9.17) is 0 Å². The molecule has 1 amide bonds. The van der Waals surface area contributed by atoms with Gasteiger partial charge in [0, 0.05) is 12.7 Å². The molecule has 1 N–H and O–H groups in total. The van der Waals surface area contributed by atoms with Gasteiger partial charge in [-0.1, -0.05) is 0 Å². The summed E-state index contributed by atoms with van der Waals surface area (Å²) in [4.78, 5) is 15.9. The average Bonchev–Trinajstić information content (AvgIpc) is 2.87. The maximum atomic E-state index is 12.0. The Morgan fingerprint density at radius 3 is 3.12 bits per heavy atom. The minimum Gasteiger partial charge on any atom is -0.333 e. The Balaban J connectivity index is 2.06. The Morgan fingerprint density at radius 1 is 1.69 bits per heavy atom. The predicted molar refractivity (Wildman–Crippen MR) is 60.8 cm³/mol. The Bertz CT molecular complexity index is 347. The van der Waals surface area contributed by atoms with Crippen LogP contribution < -0.4 is 0 Å². The third-order valence-electron chi connectivity index (χ3n) is 2.91. The van der Waals surface area contributed by atoms with Crippen molar-refractivity contribution in [2.75, 3.05) is 27.2 Å². The van der Waals surface area contributed by atoms with Crippen LogP contribution in [-0.4, -0.2) is 53.1 Å². The van der Waals surface area contributed by atoms with Crippen LogP contribution in [0, 0.1) is 0 Å². The number of hydrogen-bond donors (Lipinski definition) is 1. The molecule has 5 nitrogen and oxygen atoms in total. The molecular weight excluding hydrogens is 204 g/mol. The molecule has 1 aliphatic heterocycles. The number of aromatic nitrogens is 2. The molecule has 1 unspecified atom stereocenters. The molecule has 0 saturated carbocycles. The van der Waals surface area contributed by atoms with E-state index >= 15 is 0 Å². The summed E-state index contributed by atoms with van der Waals surface area (Å²) in [7, 11) is 3.83. The van der Waals surface area contributed by atoms with E-state index in [1.807, 2.05) is 30.0 Å². The van der Waals surface area contributed by atoms with E-state index in [1.54, 1.807) is 6.20 Å². The third-order valence-corrected chi connectivity index (χ3v) is 2.91. The lowest BCUT2D eigenvalue weighted by molar-refractivity contribution is -0.132. The molecule has 0 bridgehead atoms. The number of likely N-dealkylation sites (tertiary alicyclic amines) is 1. The molecule has 1 aliphatic rings. The van der Waals surface area contributed by atoms with Crippen LogP contribution in [0.3, 0.4) is 0 Å². The van der Waals surface area contributed by atoms with E-state index in [9.17, 15) is 4.79 Å². The number of carbonyl (C=O) groups excluding carboxylic acids is 1. The molecule has 5 heteroatoms. The van der Waals surface area contributed by atoms with Crippen LogP contribution in [0.1, 0.15) is 24.6 Å². The third kappa shape index (κ3) is 2.24. The van der Waals surface area contributed by atoms with Crippen LogP contribution in [-0.2, 0) is 4.79 Å². The zero-order chi connectivity index (χ0) is 11.5. The van der Waals surface area contributed by atoms with Crippen LogP contribution >= 0.6 is 0 Å². The Kier molecular flexibility index (Phi) is 3.24. The summed E-state index contributed by atoms with van der Waals surface area (Å²) in [6, 6.07) is 2.14. The highest BCUT2D eigenvalue weighted by molar-refractivity contribution is 5.79. The van der Waals surface area contributed by atoms with E-state index in [0.29, 0.717) is 6.54 Å². The first-order chi connectivity index (χ1) is 7.68. The van der Waals surface area contributed by atoms with Crippen molar-refractivity contribution in [1.82, 2.24) is 20.0 Å². The van der Waals surface area contributed by atoms with Gasteiger partial charge < -0.3 is 9.80 Å². The zero-order valence-electron chi connectivity index (χ0n) is 9.81. The van der Waals surface area contributed by atoms with Gasteiger partial charge in [0.05, 0.1) is 18.3 Å². The number of carbonyl (C=O) groups is 1. The molecule has 1 atom stereocenters. The summed E-state index contributed by atoms with van der Waals surface area (Å²) in [5, 5.41) is 6.91. The van der Waals surface area contributed by atoms with Gasteiger partial charge in [-0.2, -0.15) is 5.10 Å². The van der Waals surface area contributed by atoms with Gasteiger partial charge in [0.25, 0.3) is 0 Å². The summed E-state index contributed by atoms with van der Waals surface area (Å²) >= 11 is 0. The van der Waals surface area contributed by atoms with Crippen molar-refractivity contribution in [3.05, 3.63) is 18.0 Å². The van der Waals surface area contributed by atoms with Gasteiger partial charge in [-0.05, 0) is 33.0 Å². The van der Waals surface area contributed by atoms with Crippen LogP contribution in [0.25, 0.3) is 0 Å². The fourth-order valence-corrected chi connectivity index (χ4v) is 2.20. The second-order valence-corrected chi connectivity index (χ2v) is 4.49. The molecule has 88 valence electrons. The average molecular weight is 222 g/mol. The summed E-state index contributed by atoms with van der Waals surface area (Å²) in [5.41, 5.74) is 1.05. The van der Waals surface area contributed by atoms with Crippen LogP contribution in [0.4, 0.5) is 0 Å². The standard InChI is InChI=1S/C11H18N4O/c1-14(2)8-11(16)15-7-3-4-10(15)9-5-6-12-13-9/h5-6,10H,3-4,7-8H2,1-2H3,(H,12,13). The second-order valence-electron chi connectivity index (χ2n) is 4.49. The minimum atomic E-state index is 0.190. The number of rotatable bonds is 3. The molecule has 0 aliphatic carbocycles. The fraction of sp³-hybridized carbons (Fsp3) is 0.636. The summed E-state index contributed by atoms with van der Waals surface area (Å²) in [6.07, 6.45) is 3.84. The maximum absolute atomic E-state index is 12.0. The molecule has 0 aromatic carbocycles. The molecule has 0 spiro atoms. The van der Waals surface area contributed by atoms with Gasteiger partial charge in [-0.3, -0.25) is 9.89 Å². The SMILES string of the molecule is CN(C)CC(=O)N1CCCC1c1ccn[nH]1. The number of aromatic amines is 1. The van der Waals surface area contributed by atoms with Crippen molar-refractivity contribution < 1.29 is 4.79 Å². The Hall–Kier alpha value is -1.36. The number of H-pyrrole nitrogens is 1. The molecule has 16 heavy (non-hydrogen) atoms. The van der Waals surface area contributed by atoms with Crippen molar-refractivity contribution in [1.29, 1.82) is 0 Å². The van der Waals surface area contributed by atoms with Gasteiger partial charge in [0.15, 0.2) is 0 Å². The van der Waals surface area contributed by atoms with Gasteiger partial charge >= 0.3 is 0 Å². The van der Waals surface area contributed by atoms with Crippen LogP contribution in [0.2, 0.25) is 0 Å². The van der Waals surface area contributed by atoms with Crippen LogP contribution in [0.15, 0.2) is 12.3 Å². The van der Waals surface area contributed by atoms with Crippen molar-refractivity contribution >= 4 is 5.91 Å². The first-order valence-electron chi connectivity index (χ1n) is 5.62. The second kappa shape index (κ2) is 4.65. The number of amides is 1. The largest absolute Gasteiger partial charge is 0.333 e. The molecular formula is C11H18N4O. The quantitative estimate of drug-likeness (QED) is 0.816. The zero-order valence-corrected chi connectivity index (χ0v) is 9.81. The van der Waals surface area contributed by atoms with E-state index in [-0.39, 0.29) is 11.9 Å². The molecule has 1 aromatic heterocycles. The van der Waals surface area contributed by atoms with Gasteiger partial charge in [0.2, 0.25) is 5.91 Å². The van der Waals surface area contributed by atoms with Gasteiger partial charge in [-0.25, -0.2) is 0 Å². The predicted octanol–water partition coefficient (Wildman–Crippen LogP) is 0.635. The van der Waals surface area contributed by atoms with E-state index in [2.05, 4.69) is 10.2 Å². The van der Waals surface area contributed by atoms with E-state index < -0.39 is 0 Å². The Labute approximate surface area is 95.4 Å². The van der Waals surface area contributed by atoms with E-state index in [1.165, 1.54) is 0 Å². The van der Waals surface area contributed by atoms with Gasteiger partial charge in [0.1, 0.15) is 0 Å². The number of nitrogens with zero attached hydrogens (tertiary/aromatic N) is 3. The Morgan fingerprint density at radius 2 is 2.50 bits per heavy atom. The highest BCUT2D eigenvalue weighted by Gasteiger charge is 2.30. The molecule has 1 aromatic rings. The van der Waals surface area contributed by atoms with E-state index in [0.717, 1.165) is 25.1 Å². The van der Waals surface area contributed by atoms with Crippen molar-refractivity contribution in [3.63, 3.8) is 0 Å². The first kappa shape index (κ1) is 11.1. The molecule has 1 saturated heterocycles. The summed E-state index contributed by atoms with van der Waals surface area (Å²) < 4.78 is 0. The lowest BCUT2D eigenvalue weighted by atomic mass is 10.1. The summed E-state index contributed by atoms with van der Waals surface area (Å²) in [5.74, 6) is 0.196. The molecule has 2 rings (SSSR count). The lowest BCUT2D eigenvalue weighted by Crippen LogP contribution is -2.37. The van der Waals surface area contributed by atoms with Gasteiger partial charge in [-0.15, -0.1) is 0 Å². The first-order valence-corrected chi connectivity index (χ1v) is 5.62. The topological polar surface area (TPSA) is 52.2 Å². The highest BCUT2D eigenvalue weighted by Crippen LogP contribution is 2.30. The molecule has 0 radical (unpaired) electrons.